The molecule has 56 heavy (non-hydrogen) atoms. The molecule has 0 amide bonds. The van der Waals surface area contributed by atoms with Gasteiger partial charge in [-0.15, -0.1) is 11.3 Å². The third-order valence-corrected chi connectivity index (χ3v) is 13.1. The molecule has 0 bridgehead atoms. The number of thiophene rings is 1. The number of hydrogen-bond acceptors (Lipinski definition) is 2. The van der Waals surface area contributed by atoms with Crippen LogP contribution in [-0.2, 0) is 0 Å². The van der Waals surface area contributed by atoms with E-state index in [0.29, 0.717) is 0 Å². The van der Waals surface area contributed by atoms with E-state index in [9.17, 15) is 0 Å². The summed E-state index contributed by atoms with van der Waals surface area (Å²) in [5.41, 5.74) is 10.5. The second kappa shape index (κ2) is 12.4. The number of H-pyrrole nitrogens is 1. The fourth-order valence-corrected chi connectivity index (χ4v) is 10.4. The molecule has 1 N–H and O–H groups in total. The molecule has 0 saturated carbocycles. The summed E-state index contributed by atoms with van der Waals surface area (Å²) in [6.07, 6.45) is 3.26. The molecule has 11 aromatic rings. The molecule has 0 aliphatic carbocycles. The molecule has 1 aliphatic heterocycles. The first-order valence-electron chi connectivity index (χ1n) is 19.4. The zero-order chi connectivity index (χ0) is 36.7. The van der Waals surface area contributed by atoms with Gasteiger partial charge in [-0.1, -0.05) is 152 Å². The van der Waals surface area contributed by atoms with Crippen molar-refractivity contribution in [3.8, 4) is 11.1 Å². The van der Waals surface area contributed by atoms with Crippen molar-refractivity contribution in [3.63, 3.8) is 0 Å². The fourth-order valence-electron chi connectivity index (χ4n) is 9.27. The predicted octanol–water partition coefficient (Wildman–Crippen LogP) is 14.8. The summed E-state index contributed by atoms with van der Waals surface area (Å²) in [5.74, 6) is 0.165. The van der Waals surface area contributed by atoms with E-state index in [1.54, 1.807) is 0 Å². The van der Waals surface area contributed by atoms with Gasteiger partial charge in [-0.05, 0) is 79.3 Å². The smallest absolute Gasteiger partial charge is 0.0679 e. The van der Waals surface area contributed by atoms with Gasteiger partial charge in [0.1, 0.15) is 0 Å². The third-order valence-electron chi connectivity index (χ3n) is 11.9. The molecule has 1 unspecified atom stereocenters. The second-order valence-electron chi connectivity index (χ2n) is 15.1. The molecule has 2 aromatic heterocycles. The number of aromatic nitrogens is 1. The summed E-state index contributed by atoms with van der Waals surface area (Å²) in [6.45, 7) is 0. The minimum atomic E-state index is 0.165. The van der Waals surface area contributed by atoms with Gasteiger partial charge in [0.15, 0.2) is 0 Å². The molecule has 0 radical (unpaired) electrons. The Morgan fingerprint density at radius 2 is 1.20 bits per heavy atom. The van der Waals surface area contributed by atoms with E-state index in [4.69, 9.17) is 4.99 Å². The van der Waals surface area contributed by atoms with Gasteiger partial charge in [-0.3, -0.25) is 4.99 Å². The highest BCUT2D eigenvalue weighted by Crippen LogP contribution is 2.44. The number of para-hydroxylation sites is 1. The number of aromatic amines is 1. The Labute approximate surface area is 327 Å². The highest BCUT2D eigenvalue weighted by molar-refractivity contribution is 7.25. The van der Waals surface area contributed by atoms with Crippen molar-refractivity contribution < 1.29 is 0 Å². The van der Waals surface area contributed by atoms with Crippen LogP contribution in [-0.4, -0.2) is 10.7 Å². The Morgan fingerprint density at radius 3 is 2.11 bits per heavy atom. The standard InChI is InChI=1S/C53H34N2S/c1-2-12-33-27-36(24-23-32(33)11-1)48-29-37(34-25-26-42-41-17-7-8-22-50(41)56-51(42)31-34)30-49(54-48)44-19-10-21-47-52(44)45-20-9-18-43(53(45)55-47)46-28-35-13-3-4-14-38(35)39-15-5-6-16-40(39)46/h1-28,30-31,37,55H,29H2. The fraction of sp³-hybridized carbons (Fsp3) is 0.0377. The number of benzene rings is 9. The lowest BCUT2D eigenvalue weighted by Gasteiger charge is -2.23. The van der Waals surface area contributed by atoms with Gasteiger partial charge in [0.2, 0.25) is 0 Å². The molecule has 2 nitrogen and oxygen atoms in total. The number of rotatable bonds is 4. The predicted molar refractivity (Wildman–Crippen MR) is 241 cm³/mol. The first kappa shape index (κ1) is 31.5. The van der Waals surface area contributed by atoms with Crippen molar-refractivity contribution in [3.05, 3.63) is 199 Å². The van der Waals surface area contributed by atoms with Crippen LogP contribution in [0.1, 0.15) is 29.0 Å². The van der Waals surface area contributed by atoms with Gasteiger partial charge < -0.3 is 4.98 Å². The Morgan fingerprint density at radius 1 is 0.482 bits per heavy atom. The molecule has 1 aliphatic rings. The molecule has 0 saturated heterocycles. The number of hydrogen-bond donors (Lipinski definition) is 1. The molecule has 3 heteroatoms. The van der Waals surface area contributed by atoms with Crippen LogP contribution in [0.5, 0.6) is 0 Å². The molecule has 262 valence electrons. The van der Waals surface area contributed by atoms with Crippen LogP contribution in [0.4, 0.5) is 0 Å². The molecule has 9 aromatic carbocycles. The number of allylic oxidation sites excluding steroid dienone is 1. The van der Waals surface area contributed by atoms with E-state index in [0.717, 1.165) is 34.4 Å². The van der Waals surface area contributed by atoms with Crippen LogP contribution in [0, 0.1) is 0 Å². The molecule has 1 atom stereocenters. The van der Waals surface area contributed by atoms with Crippen molar-refractivity contribution in [2.45, 2.75) is 12.3 Å². The molecule has 0 spiro atoms. The summed E-state index contributed by atoms with van der Waals surface area (Å²) < 4.78 is 2.67. The van der Waals surface area contributed by atoms with E-state index < -0.39 is 0 Å². The van der Waals surface area contributed by atoms with Gasteiger partial charge in [0.05, 0.1) is 11.2 Å². The highest BCUT2D eigenvalue weighted by Gasteiger charge is 2.24. The van der Waals surface area contributed by atoms with Gasteiger partial charge >= 0.3 is 0 Å². The lowest BCUT2D eigenvalue weighted by atomic mass is 9.86. The molecular weight excluding hydrogens is 697 g/mol. The summed E-state index contributed by atoms with van der Waals surface area (Å²) >= 11 is 1.89. The molecule has 0 fully saturated rings. The summed E-state index contributed by atoms with van der Waals surface area (Å²) in [7, 11) is 0. The van der Waals surface area contributed by atoms with Gasteiger partial charge in [-0.2, -0.15) is 0 Å². The van der Waals surface area contributed by atoms with Crippen molar-refractivity contribution in [1.82, 2.24) is 4.98 Å². The number of fused-ring (bicyclic) bond motifs is 10. The average Bonchev–Trinajstić information content (AvgIpc) is 3.84. The lowest BCUT2D eigenvalue weighted by Crippen LogP contribution is -2.12. The third kappa shape index (κ3) is 4.91. The van der Waals surface area contributed by atoms with E-state index in [-0.39, 0.29) is 5.92 Å². The lowest BCUT2D eigenvalue weighted by molar-refractivity contribution is 0.882. The van der Waals surface area contributed by atoms with Crippen LogP contribution < -0.4 is 0 Å². The van der Waals surface area contributed by atoms with Crippen LogP contribution in [0.25, 0.3) is 91.1 Å². The monoisotopic (exact) mass is 730 g/mol. The second-order valence-corrected chi connectivity index (χ2v) is 16.2. The van der Waals surface area contributed by atoms with Crippen LogP contribution in [0.2, 0.25) is 0 Å². The quantitative estimate of drug-likeness (QED) is 0.175. The van der Waals surface area contributed by atoms with E-state index >= 15 is 0 Å². The molecule has 3 heterocycles. The summed E-state index contributed by atoms with van der Waals surface area (Å²) in [6, 6.07) is 64.6. The minimum Gasteiger partial charge on any atom is -0.354 e. The zero-order valence-corrected chi connectivity index (χ0v) is 31.3. The Balaban J connectivity index is 1.06. The van der Waals surface area contributed by atoms with Gasteiger partial charge in [-0.25, -0.2) is 0 Å². The number of nitrogens with one attached hydrogen (secondary N) is 1. The molecule has 12 rings (SSSR count). The zero-order valence-electron chi connectivity index (χ0n) is 30.5. The maximum atomic E-state index is 5.56. The largest absolute Gasteiger partial charge is 0.354 e. The average molecular weight is 731 g/mol. The first-order valence-corrected chi connectivity index (χ1v) is 20.2. The normalized spacial score (nSPS) is 14.8. The van der Waals surface area contributed by atoms with Gasteiger partial charge in [0, 0.05) is 65.6 Å². The SMILES string of the molecule is C1=C(c2cccc3[nH]c4c(-c5cc6ccccc6c6ccccc56)cccc4c23)N=C(c2ccc3ccccc3c2)CC1c1ccc2c(c1)sc1ccccc12. The van der Waals surface area contributed by atoms with Crippen LogP contribution in [0.15, 0.2) is 187 Å². The number of aliphatic imine (C=N–C) groups is 1. The topological polar surface area (TPSA) is 28.1 Å². The summed E-state index contributed by atoms with van der Waals surface area (Å²) in [4.78, 5) is 9.46. The maximum absolute atomic E-state index is 5.56. The molecular formula is C53H34N2S. The van der Waals surface area contributed by atoms with Gasteiger partial charge in [0.25, 0.3) is 0 Å². The van der Waals surface area contributed by atoms with E-state index in [2.05, 4.69) is 187 Å². The Hall–Kier alpha value is -6.81. The van der Waals surface area contributed by atoms with Crippen molar-refractivity contribution >= 4 is 97.0 Å². The van der Waals surface area contributed by atoms with E-state index in [1.807, 2.05) is 11.3 Å². The minimum absolute atomic E-state index is 0.165. The van der Waals surface area contributed by atoms with Crippen molar-refractivity contribution in [2.75, 3.05) is 0 Å². The Bertz CT molecular complexity index is 3470. The van der Waals surface area contributed by atoms with Crippen molar-refractivity contribution in [2.24, 2.45) is 4.99 Å². The number of nitrogens with zero attached hydrogens (tertiary/aromatic N) is 1. The van der Waals surface area contributed by atoms with Crippen LogP contribution in [0.3, 0.4) is 0 Å². The first-order chi connectivity index (χ1) is 27.7. The Kier molecular flexibility index (Phi) is 6.96. The van der Waals surface area contributed by atoms with E-state index in [1.165, 1.54) is 85.5 Å². The van der Waals surface area contributed by atoms with Crippen LogP contribution >= 0.6 is 11.3 Å². The maximum Gasteiger partial charge on any atom is 0.0679 e. The van der Waals surface area contributed by atoms with Crippen molar-refractivity contribution in [1.29, 1.82) is 0 Å². The summed E-state index contributed by atoms with van der Waals surface area (Å²) in [5, 5.41) is 12.6. The highest BCUT2D eigenvalue weighted by atomic mass is 32.1.